The number of anilines is 1. The average Bonchev–Trinajstić information content (AvgIpc) is 2.34. The van der Waals surface area contributed by atoms with Crippen molar-refractivity contribution < 1.29 is 13.2 Å². The van der Waals surface area contributed by atoms with E-state index in [1.807, 2.05) is 6.92 Å². The van der Waals surface area contributed by atoms with E-state index in [2.05, 4.69) is 15.6 Å². The van der Waals surface area contributed by atoms with Gasteiger partial charge >= 0.3 is 0 Å². The third-order valence-corrected chi connectivity index (χ3v) is 3.61. The van der Waals surface area contributed by atoms with Crippen molar-refractivity contribution >= 4 is 21.6 Å². The van der Waals surface area contributed by atoms with Crippen LogP contribution in [0.3, 0.4) is 0 Å². The first-order valence-electron chi connectivity index (χ1n) is 6.50. The molecule has 0 radical (unpaired) electrons. The van der Waals surface area contributed by atoms with Gasteiger partial charge in [0, 0.05) is 30.6 Å². The zero-order valence-corrected chi connectivity index (χ0v) is 12.8. The van der Waals surface area contributed by atoms with Gasteiger partial charge in [0.1, 0.15) is 15.7 Å². The molecule has 0 saturated heterocycles. The lowest BCUT2D eigenvalue weighted by molar-refractivity contribution is 0.0943. The molecule has 1 rings (SSSR count). The minimum atomic E-state index is -3.11. The van der Waals surface area contributed by atoms with Crippen LogP contribution >= 0.6 is 0 Å². The number of carbonyl (C=O) groups excluding carboxylic acids is 1. The summed E-state index contributed by atoms with van der Waals surface area (Å²) in [6.07, 6.45) is 3.66. The molecule has 1 aromatic rings. The molecule has 6 nitrogen and oxygen atoms in total. The lowest BCUT2D eigenvalue weighted by Gasteiger charge is -2.13. The topological polar surface area (TPSA) is 88.2 Å². The van der Waals surface area contributed by atoms with Crippen LogP contribution in [-0.4, -0.2) is 43.9 Å². The Kier molecular flexibility index (Phi) is 5.94. The van der Waals surface area contributed by atoms with Crippen molar-refractivity contribution in [3.05, 3.63) is 23.9 Å². The molecule has 0 aliphatic carbocycles. The van der Waals surface area contributed by atoms with Crippen molar-refractivity contribution in [1.29, 1.82) is 0 Å². The summed E-state index contributed by atoms with van der Waals surface area (Å²) in [6.45, 7) is 4.48. The summed E-state index contributed by atoms with van der Waals surface area (Å²) < 4.78 is 22.3. The largest absolute Gasteiger partial charge is 0.370 e. The predicted molar refractivity (Wildman–Crippen MR) is 79.7 cm³/mol. The molecule has 2 N–H and O–H groups in total. The van der Waals surface area contributed by atoms with Crippen LogP contribution in [0, 0.1) is 0 Å². The van der Waals surface area contributed by atoms with Crippen LogP contribution < -0.4 is 10.6 Å². The van der Waals surface area contributed by atoms with Crippen molar-refractivity contribution in [2.45, 2.75) is 26.3 Å². The smallest absolute Gasteiger partial charge is 0.251 e. The summed E-state index contributed by atoms with van der Waals surface area (Å²) in [5, 5.41) is 5.76. The molecule has 1 aromatic heterocycles. The molecule has 0 saturated carbocycles. The number of nitrogens with zero attached hydrogens (tertiary/aromatic N) is 1. The summed E-state index contributed by atoms with van der Waals surface area (Å²) in [5.74, 6) is 0.253. The first-order valence-corrected chi connectivity index (χ1v) is 8.56. The zero-order valence-electron chi connectivity index (χ0n) is 12.0. The number of carbonyl (C=O) groups is 1. The van der Waals surface area contributed by atoms with Gasteiger partial charge in [-0.15, -0.1) is 0 Å². The zero-order chi connectivity index (χ0) is 15.2. The number of hydrogen-bond acceptors (Lipinski definition) is 5. The van der Waals surface area contributed by atoms with E-state index in [0.29, 0.717) is 11.4 Å². The number of pyridine rings is 1. The fourth-order valence-corrected chi connectivity index (χ4v) is 2.72. The molecule has 1 unspecified atom stereocenters. The van der Waals surface area contributed by atoms with Crippen LogP contribution in [0.1, 0.15) is 30.6 Å². The molecule has 7 heteroatoms. The highest BCUT2D eigenvalue weighted by Crippen LogP contribution is 2.07. The Labute approximate surface area is 119 Å². The van der Waals surface area contributed by atoms with E-state index in [9.17, 15) is 13.2 Å². The standard InChI is InChI=1S/C13H21N3O3S/c1-4-6-14-12-8-11(5-7-15-12)13(17)16-10(2)9-20(3,18)19/h5,7-8,10H,4,6,9H2,1-3H3,(H,14,15)(H,16,17). The van der Waals surface area contributed by atoms with E-state index in [-0.39, 0.29) is 11.7 Å². The van der Waals surface area contributed by atoms with Crippen molar-refractivity contribution in [1.82, 2.24) is 10.3 Å². The van der Waals surface area contributed by atoms with Gasteiger partial charge in [0.25, 0.3) is 5.91 Å². The van der Waals surface area contributed by atoms with Crippen molar-refractivity contribution in [3.63, 3.8) is 0 Å². The molecule has 0 spiro atoms. The van der Waals surface area contributed by atoms with Crippen LogP contribution in [-0.2, 0) is 9.84 Å². The number of hydrogen-bond donors (Lipinski definition) is 2. The molecule has 1 heterocycles. The predicted octanol–water partition coefficient (Wildman–Crippen LogP) is 1.07. The Balaban J connectivity index is 2.67. The van der Waals surface area contributed by atoms with Gasteiger partial charge in [-0.1, -0.05) is 6.92 Å². The summed E-state index contributed by atoms with van der Waals surface area (Å²) in [4.78, 5) is 16.1. The Morgan fingerprint density at radius 1 is 1.45 bits per heavy atom. The number of amides is 1. The van der Waals surface area contributed by atoms with Gasteiger partial charge in [0.15, 0.2) is 0 Å². The second kappa shape index (κ2) is 7.23. The fraction of sp³-hybridized carbons (Fsp3) is 0.538. The second-order valence-corrected chi connectivity index (χ2v) is 7.01. The lowest BCUT2D eigenvalue weighted by atomic mass is 10.2. The molecule has 0 bridgehead atoms. The summed E-state index contributed by atoms with van der Waals surface area (Å²) in [7, 11) is -3.11. The van der Waals surface area contributed by atoms with E-state index >= 15 is 0 Å². The first kappa shape index (κ1) is 16.4. The summed E-state index contributed by atoms with van der Waals surface area (Å²) >= 11 is 0. The molecule has 1 amide bonds. The second-order valence-electron chi connectivity index (χ2n) is 4.82. The van der Waals surface area contributed by atoms with Crippen LogP contribution in [0.4, 0.5) is 5.82 Å². The van der Waals surface area contributed by atoms with E-state index in [1.165, 1.54) is 0 Å². The van der Waals surface area contributed by atoms with E-state index in [1.54, 1.807) is 25.3 Å². The summed E-state index contributed by atoms with van der Waals surface area (Å²) in [5.41, 5.74) is 0.457. The Morgan fingerprint density at radius 3 is 2.75 bits per heavy atom. The van der Waals surface area contributed by atoms with Gasteiger partial charge in [-0.25, -0.2) is 13.4 Å². The molecule has 112 valence electrons. The third-order valence-electron chi connectivity index (χ3n) is 2.51. The minimum Gasteiger partial charge on any atom is -0.370 e. The number of aromatic nitrogens is 1. The average molecular weight is 299 g/mol. The maximum Gasteiger partial charge on any atom is 0.251 e. The Hall–Kier alpha value is -1.63. The van der Waals surface area contributed by atoms with Crippen molar-refractivity contribution in [3.8, 4) is 0 Å². The Bertz CT molecular complexity index is 558. The highest BCUT2D eigenvalue weighted by atomic mass is 32.2. The fourth-order valence-electron chi connectivity index (χ4n) is 1.72. The number of rotatable bonds is 7. The minimum absolute atomic E-state index is 0.0786. The SMILES string of the molecule is CCCNc1cc(C(=O)NC(C)CS(C)(=O)=O)ccn1. The highest BCUT2D eigenvalue weighted by Gasteiger charge is 2.14. The van der Waals surface area contributed by atoms with Gasteiger partial charge in [0.2, 0.25) is 0 Å². The third kappa shape index (κ3) is 6.01. The summed E-state index contributed by atoms with van der Waals surface area (Å²) in [6, 6.07) is 2.82. The first-order chi connectivity index (χ1) is 9.31. The van der Waals surface area contributed by atoms with E-state index in [0.717, 1.165) is 19.2 Å². The van der Waals surface area contributed by atoms with Gasteiger partial charge in [0.05, 0.1) is 5.75 Å². The number of sulfone groups is 1. The van der Waals surface area contributed by atoms with Gasteiger partial charge in [-0.2, -0.15) is 0 Å². The number of nitrogens with one attached hydrogen (secondary N) is 2. The molecule has 20 heavy (non-hydrogen) atoms. The van der Waals surface area contributed by atoms with Crippen LogP contribution in [0.5, 0.6) is 0 Å². The van der Waals surface area contributed by atoms with Gasteiger partial charge in [-0.3, -0.25) is 4.79 Å². The monoisotopic (exact) mass is 299 g/mol. The molecule has 0 aromatic carbocycles. The van der Waals surface area contributed by atoms with Crippen LogP contribution in [0.2, 0.25) is 0 Å². The van der Waals surface area contributed by atoms with Crippen LogP contribution in [0.15, 0.2) is 18.3 Å². The Morgan fingerprint density at radius 2 is 2.15 bits per heavy atom. The molecular formula is C13H21N3O3S. The van der Waals surface area contributed by atoms with E-state index < -0.39 is 15.9 Å². The lowest BCUT2D eigenvalue weighted by Crippen LogP contribution is -2.37. The van der Waals surface area contributed by atoms with Crippen molar-refractivity contribution in [2.75, 3.05) is 23.9 Å². The molecule has 1 atom stereocenters. The maximum absolute atomic E-state index is 12.0. The van der Waals surface area contributed by atoms with Gasteiger partial charge < -0.3 is 10.6 Å². The molecule has 0 aliphatic rings. The van der Waals surface area contributed by atoms with E-state index in [4.69, 9.17) is 0 Å². The quantitative estimate of drug-likeness (QED) is 0.786. The molecule has 0 aliphatic heterocycles. The molecule has 0 fully saturated rings. The highest BCUT2D eigenvalue weighted by molar-refractivity contribution is 7.90. The normalized spacial score (nSPS) is 12.8. The molecular weight excluding hydrogens is 278 g/mol. The van der Waals surface area contributed by atoms with Crippen LogP contribution in [0.25, 0.3) is 0 Å². The van der Waals surface area contributed by atoms with Crippen molar-refractivity contribution in [2.24, 2.45) is 0 Å². The maximum atomic E-state index is 12.0. The van der Waals surface area contributed by atoms with Gasteiger partial charge in [-0.05, 0) is 25.5 Å².